The average molecular weight is 543 g/mol. The topological polar surface area (TPSA) is 89.0 Å². The third-order valence-electron chi connectivity index (χ3n) is 6.81. The van der Waals surface area contributed by atoms with Crippen molar-refractivity contribution in [1.82, 2.24) is 4.98 Å². The molecule has 2 heterocycles. The van der Waals surface area contributed by atoms with Gasteiger partial charge in [0.25, 0.3) is 5.78 Å². The van der Waals surface area contributed by atoms with Crippen LogP contribution >= 0.6 is 11.3 Å². The van der Waals surface area contributed by atoms with Gasteiger partial charge in [-0.2, -0.15) is 0 Å². The van der Waals surface area contributed by atoms with E-state index in [1.165, 1.54) is 16.2 Å². The number of carbonyl (C=O) groups is 2. The first kappa shape index (κ1) is 26.4. The molecule has 5 rings (SSSR count). The molecule has 1 amide bonds. The first-order valence-electron chi connectivity index (χ1n) is 13.0. The van der Waals surface area contributed by atoms with E-state index < -0.39 is 17.7 Å². The standard InChI is InChI=1S/C31H30N2O5S/c1-4-6-16-38-23-9-7-8-21(17-23)28(34)26-27(20-12-10-19(5-2)11-13-20)33(30(36)29(26)35)31-32-24-15-14-22(37-3)18-25(24)39-31/h7-15,17-18,27,34H,4-6,16H2,1-3H3. The maximum absolute atomic E-state index is 13.5. The van der Waals surface area contributed by atoms with E-state index in [4.69, 9.17) is 9.47 Å². The molecule has 4 aromatic rings. The number of methoxy groups -OCH3 is 1. The Morgan fingerprint density at radius 1 is 1.03 bits per heavy atom. The summed E-state index contributed by atoms with van der Waals surface area (Å²) >= 11 is 1.30. The summed E-state index contributed by atoms with van der Waals surface area (Å²) in [5.74, 6) is -0.476. The number of aliphatic hydroxyl groups excluding tert-OH is 1. The van der Waals surface area contributed by atoms with Crippen LogP contribution in [0.25, 0.3) is 16.0 Å². The molecule has 1 unspecified atom stereocenters. The number of anilines is 1. The van der Waals surface area contributed by atoms with Crippen molar-refractivity contribution in [3.05, 3.63) is 89.0 Å². The van der Waals surface area contributed by atoms with Gasteiger partial charge in [-0.3, -0.25) is 14.5 Å². The number of aryl methyl sites for hydroxylation is 1. The van der Waals surface area contributed by atoms with Crippen LogP contribution in [0, 0.1) is 0 Å². The van der Waals surface area contributed by atoms with E-state index in [1.54, 1.807) is 37.4 Å². The molecule has 3 aromatic carbocycles. The van der Waals surface area contributed by atoms with Gasteiger partial charge in [0.15, 0.2) is 5.13 Å². The largest absolute Gasteiger partial charge is 0.507 e. The van der Waals surface area contributed by atoms with Gasteiger partial charge in [-0.25, -0.2) is 4.98 Å². The van der Waals surface area contributed by atoms with Gasteiger partial charge >= 0.3 is 5.91 Å². The molecular formula is C31H30N2O5S. The fourth-order valence-corrected chi connectivity index (χ4v) is 5.65. The second-order valence-corrected chi connectivity index (χ2v) is 10.3. The third-order valence-corrected chi connectivity index (χ3v) is 7.83. The molecule has 200 valence electrons. The van der Waals surface area contributed by atoms with Crippen molar-refractivity contribution in [2.24, 2.45) is 0 Å². The summed E-state index contributed by atoms with van der Waals surface area (Å²) in [5, 5.41) is 11.9. The molecule has 0 bridgehead atoms. The third kappa shape index (κ3) is 5.12. The van der Waals surface area contributed by atoms with Gasteiger partial charge in [-0.15, -0.1) is 0 Å². The number of Topliss-reactive ketones (excluding diaryl/α,β-unsaturated/α-hetero) is 1. The van der Waals surface area contributed by atoms with Crippen LogP contribution in [0.1, 0.15) is 49.4 Å². The molecule has 39 heavy (non-hydrogen) atoms. The molecule has 1 saturated heterocycles. The number of rotatable bonds is 9. The number of ether oxygens (including phenoxy) is 2. The molecular weight excluding hydrogens is 512 g/mol. The monoisotopic (exact) mass is 542 g/mol. The molecule has 1 N–H and O–H groups in total. The highest BCUT2D eigenvalue weighted by Gasteiger charge is 2.48. The van der Waals surface area contributed by atoms with E-state index >= 15 is 0 Å². The molecule has 7 nitrogen and oxygen atoms in total. The Balaban J connectivity index is 1.64. The molecule has 1 aromatic heterocycles. The van der Waals surface area contributed by atoms with E-state index in [0.717, 1.165) is 29.5 Å². The second kappa shape index (κ2) is 11.3. The van der Waals surface area contributed by atoms with Crippen LogP contribution in [0.2, 0.25) is 0 Å². The van der Waals surface area contributed by atoms with Gasteiger partial charge in [0, 0.05) is 5.56 Å². The van der Waals surface area contributed by atoms with Crippen LogP contribution in [-0.4, -0.2) is 35.5 Å². The normalized spacial score (nSPS) is 16.7. The van der Waals surface area contributed by atoms with Gasteiger partial charge in [-0.05, 0) is 54.3 Å². The summed E-state index contributed by atoms with van der Waals surface area (Å²) < 4.78 is 12.0. The molecule has 0 radical (unpaired) electrons. The fraction of sp³-hybridized carbons (Fsp3) is 0.258. The Bertz CT molecular complexity index is 1560. The quantitative estimate of drug-likeness (QED) is 0.110. The van der Waals surface area contributed by atoms with Crippen LogP contribution in [0.15, 0.2) is 72.3 Å². The molecule has 1 aliphatic rings. The number of fused-ring (bicyclic) bond motifs is 1. The number of hydrogen-bond acceptors (Lipinski definition) is 7. The molecule has 1 atom stereocenters. The maximum atomic E-state index is 13.5. The molecule has 8 heteroatoms. The number of ketones is 1. The van der Waals surface area contributed by atoms with Crippen molar-refractivity contribution in [2.75, 3.05) is 18.6 Å². The van der Waals surface area contributed by atoms with Crippen LogP contribution in [0.4, 0.5) is 5.13 Å². The fourth-order valence-electron chi connectivity index (χ4n) is 4.63. The minimum Gasteiger partial charge on any atom is -0.507 e. The zero-order chi connectivity index (χ0) is 27.5. The minimum absolute atomic E-state index is 0.0202. The Labute approximate surface area is 231 Å². The lowest BCUT2D eigenvalue weighted by atomic mass is 9.94. The maximum Gasteiger partial charge on any atom is 0.301 e. The Hall–Kier alpha value is -4.17. The number of benzene rings is 3. The zero-order valence-corrected chi connectivity index (χ0v) is 23.0. The van der Waals surface area contributed by atoms with Gasteiger partial charge in [0.05, 0.1) is 35.5 Å². The first-order valence-corrected chi connectivity index (χ1v) is 13.8. The molecule has 1 fully saturated rings. The van der Waals surface area contributed by atoms with Crippen LogP contribution in [0.5, 0.6) is 11.5 Å². The van der Waals surface area contributed by atoms with E-state index in [-0.39, 0.29) is 11.3 Å². The van der Waals surface area contributed by atoms with Crippen LogP contribution in [-0.2, 0) is 16.0 Å². The van der Waals surface area contributed by atoms with Gasteiger partial charge in [0.2, 0.25) is 0 Å². The van der Waals surface area contributed by atoms with E-state index in [9.17, 15) is 14.7 Å². The highest BCUT2D eigenvalue weighted by atomic mass is 32.1. The highest BCUT2D eigenvalue weighted by molar-refractivity contribution is 7.22. The summed E-state index contributed by atoms with van der Waals surface area (Å²) in [5.41, 5.74) is 2.95. The van der Waals surface area contributed by atoms with E-state index in [0.29, 0.717) is 39.9 Å². The Morgan fingerprint density at radius 3 is 2.54 bits per heavy atom. The molecule has 1 aliphatic heterocycles. The smallest absolute Gasteiger partial charge is 0.301 e. The van der Waals surface area contributed by atoms with Crippen molar-refractivity contribution in [3.8, 4) is 11.5 Å². The number of thiazole rings is 1. The number of nitrogens with zero attached hydrogens (tertiary/aromatic N) is 2. The predicted molar refractivity (Wildman–Crippen MR) is 154 cm³/mol. The van der Waals surface area contributed by atoms with Crippen molar-refractivity contribution in [3.63, 3.8) is 0 Å². The van der Waals surface area contributed by atoms with Crippen LogP contribution in [0.3, 0.4) is 0 Å². The molecule has 0 aliphatic carbocycles. The van der Waals surface area contributed by atoms with Crippen molar-refractivity contribution in [2.45, 2.75) is 39.2 Å². The van der Waals surface area contributed by atoms with Gasteiger partial charge in [0.1, 0.15) is 17.3 Å². The first-order chi connectivity index (χ1) is 18.9. The van der Waals surface area contributed by atoms with Gasteiger partial charge in [-0.1, -0.05) is 68.0 Å². The highest BCUT2D eigenvalue weighted by Crippen LogP contribution is 2.44. The number of unbranched alkanes of at least 4 members (excludes halogenated alkanes) is 1. The lowest BCUT2D eigenvalue weighted by Gasteiger charge is -2.23. The van der Waals surface area contributed by atoms with Gasteiger partial charge < -0.3 is 14.6 Å². The van der Waals surface area contributed by atoms with E-state index in [1.807, 2.05) is 36.4 Å². The molecule has 0 spiro atoms. The number of amides is 1. The Kier molecular flexibility index (Phi) is 7.65. The summed E-state index contributed by atoms with van der Waals surface area (Å²) in [6, 6.07) is 19.3. The number of aromatic nitrogens is 1. The van der Waals surface area contributed by atoms with Crippen molar-refractivity contribution < 1.29 is 24.2 Å². The summed E-state index contributed by atoms with van der Waals surface area (Å²) in [4.78, 5) is 33.2. The predicted octanol–water partition coefficient (Wildman–Crippen LogP) is 6.67. The minimum atomic E-state index is -0.844. The lowest BCUT2D eigenvalue weighted by molar-refractivity contribution is -0.132. The van der Waals surface area contributed by atoms with E-state index in [2.05, 4.69) is 18.8 Å². The number of hydrogen-bond donors (Lipinski definition) is 1. The number of carbonyl (C=O) groups excluding carboxylic acids is 2. The average Bonchev–Trinajstić information content (AvgIpc) is 3.50. The zero-order valence-electron chi connectivity index (χ0n) is 22.1. The summed E-state index contributed by atoms with van der Waals surface area (Å²) in [7, 11) is 1.59. The number of aliphatic hydroxyl groups is 1. The van der Waals surface area contributed by atoms with Crippen molar-refractivity contribution >= 4 is 44.1 Å². The SMILES string of the molecule is CCCCOc1cccc(C(O)=C2C(=O)C(=O)N(c3nc4ccc(OC)cc4s3)C2c2ccc(CC)cc2)c1. The van der Waals surface area contributed by atoms with Crippen molar-refractivity contribution in [1.29, 1.82) is 0 Å². The summed E-state index contributed by atoms with van der Waals surface area (Å²) in [6.07, 6.45) is 2.76. The molecule has 0 saturated carbocycles. The second-order valence-electron chi connectivity index (χ2n) is 9.32. The lowest BCUT2D eigenvalue weighted by Crippen LogP contribution is -2.29. The Morgan fingerprint density at radius 2 is 1.82 bits per heavy atom. The van der Waals surface area contributed by atoms with Crippen LogP contribution < -0.4 is 14.4 Å². The summed E-state index contributed by atoms with van der Waals surface area (Å²) in [6.45, 7) is 4.70.